The fourth-order valence-electron chi connectivity index (χ4n) is 3.59. The van der Waals surface area contributed by atoms with Crippen molar-refractivity contribution in [3.05, 3.63) is 65.7 Å². The van der Waals surface area contributed by atoms with Crippen molar-refractivity contribution >= 4 is 17.9 Å². The number of carbonyl (C=O) groups is 3. The van der Waals surface area contributed by atoms with E-state index < -0.39 is 30.0 Å². The lowest BCUT2D eigenvalue weighted by Gasteiger charge is -2.25. The molecule has 1 fully saturated rings. The molecule has 1 aliphatic heterocycles. The van der Waals surface area contributed by atoms with E-state index in [1.165, 1.54) is 4.90 Å². The number of rotatable bonds is 8. The van der Waals surface area contributed by atoms with E-state index in [0.717, 1.165) is 11.1 Å². The zero-order chi connectivity index (χ0) is 22.2. The second-order valence-corrected chi connectivity index (χ2v) is 7.41. The van der Waals surface area contributed by atoms with Crippen LogP contribution < -0.4 is 15.8 Å². The monoisotopic (exact) mass is 425 g/mol. The summed E-state index contributed by atoms with van der Waals surface area (Å²) in [6.45, 7) is 0.549. The summed E-state index contributed by atoms with van der Waals surface area (Å²) >= 11 is 0. The van der Waals surface area contributed by atoms with E-state index in [2.05, 4.69) is 5.32 Å². The third kappa shape index (κ3) is 5.97. The fraction of sp³-hybridized carbons (Fsp3) is 0.348. The minimum atomic E-state index is -0.901. The maximum atomic E-state index is 12.9. The zero-order valence-corrected chi connectivity index (χ0v) is 17.5. The summed E-state index contributed by atoms with van der Waals surface area (Å²) < 4.78 is 10.6. The van der Waals surface area contributed by atoms with Crippen LogP contribution in [-0.4, -0.2) is 48.5 Å². The number of likely N-dealkylation sites (tertiary alicyclic amines) is 1. The Morgan fingerprint density at radius 1 is 1.13 bits per heavy atom. The molecule has 0 aromatic heterocycles. The van der Waals surface area contributed by atoms with Crippen molar-refractivity contribution in [3.63, 3.8) is 0 Å². The molecule has 0 spiro atoms. The number of carbonyl (C=O) groups excluding carboxylic acids is 3. The summed E-state index contributed by atoms with van der Waals surface area (Å²) in [5.41, 5.74) is 7.18. The molecule has 0 aliphatic carbocycles. The largest absolute Gasteiger partial charge is 0.497 e. The highest BCUT2D eigenvalue weighted by atomic mass is 16.6. The van der Waals surface area contributed by atoms with Gasteiger partial charge in [-0.15, -0.1) is 0 Å². The lowest BCUT2D eigenvalue weighted by molar-refractivity contribution is -0.130. The van der Waals surface area contributed by atoms with E-state index in [4.69, 9.17) is 15.2 Å². The van der Waals surface area contributed by atoms with Crippen LogP contribution in [0.25, 0.3) is 0 Å². The van der Waals surface area contributed by atoms with Crippen molar-refractivity contribution in [1.82, 2.24) is 10.2 Å². The number of amides is 3. The molecule has 2 aromatic rings. The number of hydrogen-bond donors (Lipinski definition) is 2. The molecule has 2 atom stereocenters. The predicted molar refractivity (Wildman–Crippen MR) is 114 cm³/mol. The standard InChI is InChI=1S/C23H27N3O5/c1-30-18-10-5-9-17(13-18)14-19(21(24)27)25-22(28)20-11-6-12-26(20)23(29)31-15-16-7-3-2-4-8-16/h2-5,7-10,13,19-20H,6,11-12,14-15H2,1H3,(H2,24,27)(H,25,28)/t19-,20-/m1/s1. The van der Waals surface area contributed by atoms with E-state index in [9.17, 15) is 14.4 Å². The van der Waals surface area contributed by atoms with E-state index in [-0.39, 0.29) is 13.0 Å². The van der Waals surface area contributed by atoms with Gasteiger partial charge in [0.25, 0.3) is 0 Å². The molecule has 3 rings (SSSR count). The topological polar surface area (TPSA) is 111 Å². The number of nitrogens with two attached hydrogens (primary N) is 1. The Morgan fingerprint density at radius 2 is 1.87 bits per heavy atom. The molecule has 1 aliphatic rings. The van der Waals surface area contributed by atoms with Gasteiger partial charge in [-0.3, -0.25) is 14.5 Å². The molecular weight excluding hydrogens is 398 g/mol. The van der Waals surface area contributed by atoms with Gasteiger partial charge in [0.05, 0.1) is 7.11 Å². The fourth-order valence-corrected chi connectivity index (χ4v) is 3.59. The molecule has 0 unspecified atom stereocenters. The lowest BCUT2D eigenvalue weighted by Crippen LogP contribution is -2.53. The Kier molecular flexibility index (Phi) is 7.48. The van der Waals surface area contributed by atoms with Gasteiger partial charge in [0.15, 0.2) is 0 Å². The quantitative estimate of drug-likeness (QED) is 0.672. The number of hydrogen-bond acceptors (Lipinski definition) is 5. The molecule has 8 nitrogen and oxygen atoms in total. The number of nitrogens with zero attached hydrogens (tertiary/aromatic N) is 1. The van der Waals surface area contributed by atoms with E-state index in [1.807, 2.05) is 36.4 Å². The van der Waals surface area contributed by atoms with Crippen LogP contribution in [-0.2, 0) is 27.4 Å². The normalized spacial score (nSPS) is 16.4. The first kappa shape index (κ1) is 22.1. The molecule has 3 amide bonds. The van der Waals surface area contributed by atoms with Gasteiger partial charge in [-0.1, -0.05) is 42.5 Å². The average Bonchev–Trinajstić information content (AvgIpc) is 3.28. The number of nitrogens with one attached hydrogen (secondary N) is 1. The van der Waals surface area contributed by atoms with Crippen LogP contribution in [0.2, 0.25) is 0 Å². The predicted octanol–water partition coefficient (Wildman–Crippen LogP) is 2.01. The van der Waals surface area contributed by atoms with E-state index in [0.29, 0.717) is 25.1 Å². The highest BCUT2D eigenvalue weighted by molar-refractivity contribution is 5.91. The van der Waals surface area contributed by atoms with Crippen LogP contribution in [0.3, 0.4) is 0 Å². The van der Waals surface area contributed by atoms with E-state index in [1.54, 1.807) is 25.3 Å². The van der Waals surface area contributed by atoms with Crippen LogP contribution in [0.5, 0.6) is 5.75 Å². The highest BCUT2D eigenvalue weighted by Crippen LogP contribution is 2.20. The molecule has 31 heavy (non-hydrogen) atoms. The zero-order valence-electron chi connectivity index (χ0n) is 17.5. The maximum absolute atomic E-state index is 12.9. The first-order chi connectivity index (χ1) is 15.0. The second-order valence-electron chi connectivity index (χ2n) is 7.41. The third-order valence-electron chi connectivity index (χ3n) is 5.23. The molecular formula is C23H27N3O5. The van der Waals surface area contributed by atoms with E-state index >= 15 is 0 Å². The van der Waals surface area contributed by atoms with Gasteiger partial charge in [0.1, 0.15) is 24.4 Å². The van der Waals surface area contributed by atoms with Gasteiger partial charge >= 0.3 is 6.09 Å². The summed E-state index contributed by atoms with van der Waals surface area (Å²) in [5.74, 6) is -0.414. The molecule has 1 heterocycles. The Balaban J connectivity index is 1.61. The summed E-state index contributed by atoms with van der Waals surface area (Å²) in [7, 11) is 1.55. The number of ether oxygens (including phenoxy) is 2. The Labute approximate surface area is 181 Å². The number of benzene rings is 2. The Hall–Kier alpha value is -3.55. The van der Waals surface area contributed by atoms with Gasteiger partial charge in [-0.05, 0) is 36.1 Å². The van der Waals surface area contributed by atoms with Crippen molar-refractivity contribution in [2.24, 2.45) is 5.73 Å². The summed E-state index contributed by atoms with van der Waals surface area (Å²) in [4.78, 5) is 38.8. The molecule has 3 N–H and O–H groups in total. The smallest absolute Gasteiger partial charge is 0.410 e. The molecule has 2 aromatic carbocycles. The van der Waals surface area contributed by atoms with Crippen molar-refractivity contribution in [2.45, 2.75) is 38.0 Å². The van der Waals surface area contributed by atoms with Gasteiger partial charge in [-0.2, -0.15) is 0 Å². The first-order valence-electron chi connectivity index (χ1n) is 10.2. The van der Waals surface area contributed by atoms with Crippen molar-refractivity contribution in [2.75, 3.05) is 13.7 Å². The lowest BCUT2D eigenvalue weighted by atomic mass is 10.0. The molecule has 0 radical (unpaired) electrons. The molecule has 8 heteroatoms. The number of methoxy groups -OCH3 is 1. The summed E-state index contributed by atoms with van der Waals surface area (Å²) in [5, 5.41) is 2.70. The maximum Gasteiger partial charge on any atom is 0.410 e. The van der Waals surface area contributed by atoms with Crippen LogP contribution in [0.1, 0.15) is 24.0 Å². The summed E-state index contributed by atoms with van der Waals surface area (Å²) in [6.07, 6.45) is 0.848. The van der Waals surface area contributed by atoms with Crippen molar-refractivity contribution in [1.29, 1.82) is 0 Å². The van der Waals surface area contributed by atoms with Crippen LogP contribution in [0.15, 0.2) is 54.6 Å². The molecule has 164 valence electrons. The Bertz CT molecular complexity index is 918. The molecule has 1 saturated heterocycles. The first-order valence-corrected chi connectivity index (χ1v) is 10.2. The third-order valence-corrected chi connectivity index (χ3v) is 5.23. The van der Waals surface area contributed by atoms with Crippen LogP contribution in [0, 0.1) is 0 Å². The van der Waals surface area contributed by atoms with Gasteiger partial charge in [0, 0.05) is 13.0 Å². The molecule has 0 bridgehead atoms. The van der Waals surface area contributed by atoms with Crippen LogP contribution in [0.4, 0.5) is 4.79 Å². The SMILES string of the molecule is COc1cccc(C[C@@H](NC(=O)[C@H]2CCCN2C(=O)OCc2ccccc2)C(N)=O)c1. The van der Waals surface area contributed by atoms with Gasteiger partial charge in [0.2, 0.25) is 11.8 Å². The highest BCUT2D eigenvalue weighted by Gasteiger charge is 2.36. The van der Waals surface area contributed by atoms with Crippen molar-refractivity contribution in [3.8, 4) is 5.75 Å². The second kappa shape index (κ2) is 10.5. The Morgan fingerprint density at radius 3 is 2.58 bits per heavy atom. The average molecular weight is 425 g/mol. The summed E-state index contributed by atoms with van der Waals surface area (Å²) in [6, 6.07) is 14.9. The number of primary amides is 1. The van der Waals surface area contributed by atoms with Gasteiger partial charge < -0.3 is 20.5 Å². The van der Waals surface area contributed by atoms with Crippen LogP contribution >= 0.6 is 0 Å². The minimum absolute atomic E-state index is 0.129. The molecule has 0 saturated carbocycles. The van der Waals surface area contributed by atoms with Gasteiger partial charge in [-0.25, -0.2) is 4.79 Å². The minimum Gasteiger partial charge on any atom is -0.497 e. The van der Waals surface area contributed by atoms with Crippen molar-refractivity contribution < 1.29 is 23.9 Å².